The average molecular weight is 193 g/mol. The molecule has 1 fully saturated rings. The predicted octanol–water partition coefficient (Wildman–Crippen LogP) is 2.40. The Kier molecular flexibility index (Phi) is 2.72. The van der Waals surface area contributed by atoms with E-state index >= 15 is 0 Å². The van der Waals surface area contributed by atoms with Crippen LogP contribution in [0.25, 0.3) is 0 Å². The Hall–Kier alpha value is 0.210. The van der Waals surface area contributed by atoms with Crippen LogP contribution in [0.3, 0.4) is 0 Å². The van der Waals surface area contributed by atoms with Gasteiger partial charge in [-0.15, -0.1) is 11.6 Å². The zero-order valence-electron chi connectivity index (χ0n) is 8.19. The number of rotatable bonds is 1. The van der Waals surface area contributed by atoms with Crippen molar-refractivity contribution in [2.45, 2.75) is 38.9 Å². The fourth-order valence-corrected chi connectivity index (χ4v) is 1.12. The molecule has 0 N–H and O–H groups in total. The maximum Gasteiger partial charge on any atom is 0.181 e. The number of alkyl halides is 1. The monoisotopic (exact) mass is 192 g/mol. The fourth-order valence-electron chi connectivity index (χ4n) is 0.990. The molecule has 0 saturated carbocycles. The van der Waals surface area contributed by atoms with E-state index in [-0.39, 0.29) is 10.8 Å². The molecule has 1 atom stereocenters. The van der Waals surface area contributed by atoms with E-state index in [2.05, 4.69) is 13.8 Å². The zero-order valence-corrected chi connectivity index (χ0v) is 8.94. The molecule has 12 heavy (non-hydrogen) atoms. The molecule has 0 aromatic heterocycles. The van der Waals surface area contributed by atoms with E-state index in [1.807, 2.05) is 13.8 Å². The Morgan fingerprint density at radius 3 is 1.92 bits per heavy atom. The summed E-state index contributed by atoms with van der Waals surface area (Å²) in [4.78, 5) is 0. The molecule has 2 nitrogen and oxygen atoms in total. The van der Waals surface area contributed by atoms with Gasteiger partial charge in [0, 0.05) is 5.41 Å². The topological polar surface area (TPSA) is 18.5 Å². The Bertz CT molecular complexity index is 156. The molecule has 0 radical (unpaired) electrons. The molecule has 0 aromatic rings. The van der Waals surface area contributed by atoms with Crippen molar-refractivity contribution < 1.29 is 9.47 Å². The Morgan fingerprint density at radius 1 is 1.17 bits per heavy atom. The smallest absolute Gasteiger partial charge is 0.181 e. The number of ether oxygens (including phenoxy) is 2. The largest absolute Gasteiger partial charge is 0.348 e. The van der Waals surface area contributed by atoms with Crippen LogP contribution in [0.15, 0.2) is 0 Å². The summed E-state index contributed by atoms with van der Waals surface area (Å²) in [7, 11) is 0. The Morgan fingerprint density at radius 2 is 1.58 bits per heavy atom. The van der Waals surface area contributed by atoms with E-state index in [4.69, 9.17) is 21.1 Å². The van der Waals surface area contributed by atoms with Gasteiger partial charge >= 0.3 is 0 Å². The minimum absolute atomic E-state index is 0.116. The number of halogens is 1. The summed E-state index contributed by atoms with van der Waals surface area (Å²) in [6, 6.07) is 0. The van der Waals surface area contributed by atoms with Gasteiger partial charge in [0.1, 0.15) is 0 Å². The van der Waals surface area contributed by atoms with E-state index in [0.717, 1.165) is 0 Å². The molecule has 1 rings (SSSR count). The quantitative estimate of drug-likeness (QED) is 0.594. The summed E-state index contributed by atoms with van der Waals surface area (Å²) in [5.41, 5.74) is 0.116. The molecular formula is C9H17ClO2. The third-order valence-electron chi connectivity index (χ3n) is 2.22. The second kappa shape index (κ2) is 3.17. The summed E-state index contributed by atoms with van der Waals surface area (Å²) in [6.07, 6.45) is 0. The summed E-state index contributed by atoms with van der Waals surface area (Å²) < 4.78 is 11.2. The Labute approximate surface area is 79.2 Å². The van der Waals surface area contributed by atoms with Crippen molar-refractivity contribution in [2.24, 2.45) is 5.41 Å². The van der Waals surface area contributed by atoms with Crippen molar-refractivity contribution >= 4 is 11.6 Å². The Balaban J connectivity index is 2.55. The van der Waals surface area contributed by atoms with Crippen molar-refractivity contribution in [3.63, 3.8) is 0 Å². The molecule has 1 aliphatic rings. The van der Waals surface area contributed by atoms with Crippen LogP contribution in [-0.2, 0) is 9.47 Å². The van der Waals surface area contributed by atoms with Crippen molar-refractivity contribution in [1.82, 2.24) is 0 Å². The first kappa shape index (κ1) is 10.3. The minimum atomic E-state index is -0.600. The first-order valence-electron chi connectivity index (χ1n) is 4.28. The molecule has 1 saturated heterocycles. The number of hydrogen-bond donors (Lipinski definition) is 0. The summed E-state index contributed by atoms with van der Waals surface area (Å²) in [5.74, 6) is -0.600. The SMILES string of the molecule is CC(Cl)C1(C)OCC(C)(C)CO1. The lowest BCUT2D eigenvalue weighted by Crippen LogP contribution is -2.50. The highest BCUT2D eigenvalue weighted by molar-refractivity contribution is 6.21. The highest BCUT2D eigenvalue weighted by atomic mass is 35.5. The maximum atomic E-state index is 5.94. The van der Waals surface area contributed by atoms with Crippen LogP contribution in [0.4, 0.5) is 0 Å². The summed E-state index contributed by atoms with van der Waals surface area (Å²) >= 11 is 5.94. The van der Waals surface area contributed by atoms with Crippen molar-refractivity contribution in [3.8, 4) is 0 Å². The first-order chi connectivity index (χ1) is 5.36. The molecule has 1 aliphatic heterocycles. The van der Waals surface area contributed by atoms with Gasteiger partial charge < -0.3 is 9.47 Å². The van der Waals surface area contributed by atoms with Crippen molar-refractivity contribution in [1.29, 1.82) is 0 Å². The summed E-state index contributed by atoms with van der Waals surface area (Å²) in [5, 5.41) is -0.117. The second-order valence-electron chi connectivity index (χ2n) is 4.37. The van der Waals surface area contributed by atoms with Gasteiger partial charge in [-0.05, 0) is 13.8 Å². The van der Waals surface area contributed by atoms with Crippen LogP contribution < -0.4 is 0 Å². The number of hydrogen-bond acceptors (Lipinski definition) is 2. The van der Waals surface area contributed by atoms with Gasteiger partial charge in [-0.3, -0.25) is 0 Å². The van der Waals surface area contributed by atoms with Crippen LogP contribution in [0.1, 0.15) is 27.7 Å². The van der Waals surface area contributed by atoms with Crippen LogP contribution in [-0.4, -0.2) is 24.4 Å². The molecule has 72 valence electrons. The van der Waals surface area contributed by atoms with E-state index in [9.17, 15) is 0 Å². The molecule has 3 heteroatoms. The molecule has 1 heterocycles. The van der Waals surface area contributed by atoms with Gasteiger partial charge in [-0.2, -0.15) is 0 Å². The molecule has 0 spiro atoms. The van der Waals surface area contributed by atoms with Crippen molar-refractivity contribution in [2.75, 3.05) is 13.2 Å². The van der Waals surface area contributed by atoms with E-state index in [0.29, 0.717) is 13.2 Å². The van der Waals surface area contributed by atoms with Gasteiger partial charge in [0.15, 0.2) is 5.79 Å². The minimum Gasteiger partial charge on any atom is -0.348 e. The highest BCUT2D eigenvalue weighted by Gasteiger charge is 2.40. The third kappa shape index (κ3) is 2.12. The normalized spacial score (nSPS) is 29.8. The van der Waals surface area contributed by atoms with Crippen LogP contribution in [0.5, 0.6) is 0 Å². The molecular weight excluding hydrogens is 176 g/mol. The van der Waals surface area contributed by atoms with E-state index in [1.165, 1.54) is 0 Å². The van der Waals surface area contributed by atoms with Gasteiger partial charge in [0.25, 0.3) is 0 Å². The van der Waals surface area contributed by atoms with Gasteiger partial charge in [0.05, 0.1) is 18.6 Å². The van der Waals surface area contributed by atoms with Crippen molar-refractivity contribution in [3.05, 3.63) is 0 Å². The van der Waals surface area contributed by atoms with Gasteiger partial charge in [-0.25, -0.2) is 0 Å². The van der Waals surface area contributed by atoms with E-state index in [1.54, 1.807) is 0 Å². The zero-order chi connectivity index (χ0) is 9.41. The summed E-state index contributed by atoms with van der Waals surface area (Å²) in [6.45, 7) is 9.43. The standard InChI is InChI=1S/C9H17ClO2/c1-7(10)9(4)11-5-8(2,3)6-12-9/h7H,5-6H2,1-4H3. The maximum absolute atomic E-state index is 5.94. The lowest BCUT2D eigenvalue weighted by Gasteiger charge is -2.42. The lowest BCUT2D eigenvalue weighted by atomic mass is 9.94. The first-order valence-corrected chi connectivity index (χ1v) is 4.71. The fraction of sp³-hybridized carbons (Fsp3) is 1.00. The second-order valence-corrected chi connectivity index (χ2v) is 5.03. The molecule has 1 unspecified atom stereocenters. The van der Waals surface area contributed by atoms with Crippen LogP contribution in [0, 0.1) is 5.41 Å². The third-order valence-corrected chi connectivity index (χ3v) is 2.62. The van der Waals surface area contributed by atoms with Crippen LogP contribution in [0.2, 0.25) is 0 Å². The molecule has 0 amide bonds. The highest BCUT2D eigenvalue weighted by Crippen LogP contribution is 2.32. The molecule has 0 bridgehead atoms. The molecule has 0 aromatic carbocycles. The van der Waals surface area contributed by atoms with Gasteiger partial charge in [-0.1, -0.05) is 13.8 Å². The average Bonchev–Trinajstić information content (AvgIpc) is 1.96. The van der Waals surface area contributed by atoms with E-state index < -0.39 is 5.79 Å². The van der Waals surface area contributed by atoms with Crippen LogP contribution >= 0.6 is 11.6 Å². The lowest BCUT2D eigenvalue weighted by molar-refractivity contribution is -0.287. The predicted molar refractivity (Wildman–Crippen MR) is 49.4 cm³/mol. The molecule has 0 aliphatic carbocycles. The van der Waals surface area contributed by atoms with Gasteiger partial charge in [0.2, 0.25) is 0 Å².